The summed E-state index contributed by atoms with van der Waals surface area (Å²) in [6.45, 7) is 0. The lowest BCUT2D eigenvalue weighted by molar-refractivity contribution is 0.422. The minimum Gasteiger partial charge on any atom is -0.436 e. The highest BCUT2D eigenvalue weighted by Gasteiger charge is 2.07. The molecule has 0 unspecified atom stereocenters. The quantitative estimate of drug-likeness (QED) is 0.755. The monoisotopic (exact) mass is 349 g/mol. The van der Waals surface area contributed by atoms with Crippen molar-refractivity contribution in [3.63, 3.8) is 0 Å². The predicted molar refractivity (Wildman–Crippen MR) is 68.4 cm³/mol. The lowest BCUT2D eigenvalue weighted by Gasteiger charge is -2.05. The molecular weight excluding hydrogens is 343 g/mol. The van der Waals surface area contributed by atoms with Crippen molar-refractivity contribution >= 4 is 34.2 Å². The number of hydrogen-bond donors (Lipinski definition) is 0. The molecule has 0 radical (unpaired) electrons. The molecule has 0 fully saturated rings. The van der Waals surface area contributed by atoms with Crippen molar-refractivity contribution in [2.75, 3.05) is 0 Å². The standard InChI is InChI=1S/C11H6ClFINO/c12-7-4-10(13)11(15-6-7)16-9-3-1-2-8(14)5-9/h1-6H. The van der Waals surface area contributed by atoms with Gasteiger partial charge < -0.3 is 4.74 Å². The van der Waals surface area contributed by atoms with Gasteiger partial charge in [0.1, 0.15) is 5.75 Å². The zero-order valence-corrected chi connectivity index (χ0v) is 10.9. The number of rotatable bonds is 2. The summed E-state index contributed by atoms with van der Waals surface area (Å²) in [5, 5.41) is 0.243. The molecule has 0 atom stereocenters. The minimum absolute atomic E-state index is 0.0774. The van der Waals surface area contributed by atoms with Crippen LogP contribution in [0, 0.1) is 9.39 Å². The van der Waals surface area contributed by atoms with Crippen LogP contribution in [0.3, 0.4) is 0 Å². The van der Waals surface area contributed by atoms with E-state index >= 15 is 0 Å². The van der Waals surface area contributed by atoms with Gasteiger partial charge in [-0.25, -0.2) is 9.37 Å². The third-order valence-electron chi connectivity index (χ3n) is 1.78. The maximum atomic E-state index is 13.4. The fourth-order valence-corrected chi connectivity index (χ4v) is 1.78. The Morgan fingerprint density at radius 1 is 1.31 bits per heavy atom. The molecule has 0 N–H and O–H groups in total. The summed E-state index contributed by atoms with van der Waals surface area (Å²) in [5.74, 6) is -0.113. The fourth-order valence-electron chi connectivity index (χ4n) is 1.12. The summed E-state index contributed by atoms with van der Waals surface area (Å²) >= 11 is 7.73. The van der Waals surface area contributed by atoms with E-state index in [1.54, 1.807) is 12.1 Å². The van der Waals surface area contributed by atoms with Crippen LogP contribution in [0.4, 0.5) is 4.39 Å². The first-order valence-electron chi connectivity index (χ1n) is 4.39. The highest BCUT2D eigenvalue weighted by atomic mass is 127. The van der Waals surface area contributed by atoms with Crippen LogP contribution in [0.5, 0.6) is 11.6 Å². The van der Waals surface area contributed by atoms with Crippen LogP contribution in [0.2, 0.25) is 5.02 Å². The SMILES string of the molecule is Fc1cc(Cl)cnc1Oc1cccc(I)c1. The summed E-state index contributed by atoms with van der Waals surface area (Å²) in [5.41, 5.74) is 0. The average Bonchev–Trinajstić information content (AvgIpc) is 2.22. The maximum Gasteiger partial charge on any atom is 0.255 e. The molecule has 0 saturated carbocycles. The molecule has 2 nitrogen and oxygen atoms in total. The highest BCUT2D eigenvalue weighted by Crippen LogP contribution is 2.24. The van der Waals surface area contributed by atoms with Crippen LogP contribution in [-0.4, -0.2) is 4.98 Å². The van der Waals surface area contributed by atoms with Gasteiger partial charge in [-0.15, -0.1) is 0 Å². The first-order valence-corrected chi connectivity index (χ1v) is 5.85. The molecule has 0 bridgehead atoms. The van der Waals surface area contributed by atoms with Gasteiger partial charge in [0, 0.05) is 9.77 Å². The maximum absolute atomic E-state index is 13.4. The molecule has 1 aromatic heterocycles. The van der Waals surface area contributed by atoms with Gasteiger partial charge >= 0.3 is 0 Å². The summed E-state index contributed by atoms with van der Waals surface area (Å²) < 4.78 is 19.7. The summed E-state index contributed by atoms with van der Waals surface area (Å²) in [7, 11) is 0. The van der Waals surface area contributed by atoms with E-state index in [9.17, 15) is 4.39 Å². The van der Waals surface area contributed by atoms with Crippen molar-refractivity contribution in [3.8, 4) is 11.6 Å². The zero-order valence-electron chi connectivity index (χ0n) is 7.95. The van der Waals surface area contributed by atoms with Gasteiger partial charge in [0.2, 0.25) is 0 Å². The van der Waals surface area contributed by atoms with E-state index in [1.165, 1.54) is 6.20 Å². The Kier molecular flexibility index (Phi) is 3.60. The van der Waals surface area contributed by atoms with Gasteiger partial charge in [-0.1, -0.05) is 17.7 Å². The topological polar surface area (TPSA) is 22.1 Å². The fraction of sp³-hybridized carbons (Fsp3) is 0. The lowest BCUT2D eigenvalue weighted by Crippen LogP contribution is -1.91. The smallest absolute Gasteiger partial charge is 0.255 e. The van der Waals surface area contributed by atoms with E-state index in [0.717, 1.165) is 9.64 Å². The normalized spacial score (nSPS) is 10.2. The summed E-state index contributed by atoms with van der Waals surface area (Å²) in [6.07, 6.45) is 1.34. The summed E-state index contributed by atoms with van der Waals surface area (Å²) in [6, 6.07) is 8.43. The highest BCUT2D eigenvalue weighted by molar-refractivity contribution is 14.1. The first kappa shape index (κ1) is 11.6. The van der Waals surface area contributed by atoms with E-state index in [0.29, 0.717) is 5.75 Å². The van der Waals surface area contributed by atoms with Crippen LogP contribution >= 0.6 is 34.2 Å². The number of aromatic nitrogens is 1. The van der Waals surface area contributed by atoms with Gasteiger partial charge in [0.05, 0.1) is 5.02 Å². The third kappa shape index (κ3) is 2.82. The Morgan fingerprint density at radius 3 is 2.81 bits per heavy atom. The molecule has 0 aliphatic carbocycles. The minimum atomic E-state index is -0.577. The Balaban J connectivity index is 2.27. The predicted octanol–water partition coefficient (Wildman–Crippen LogP) is 4.27. The molecule has 2 rings (SSSR count). The Hall–Kier alpha value is -0.880. The van der Waals surface area contributed by atoms with Crippen molar-refractivity contribution in [2.24, 2.45) is 0 Å². The van der Waals surface area contributed by atoms with Gasteiger partial charge in [-0.2, -0.15) is 0 Å². The summed E-state index contributed by atoms with van der Waals surface area (Å²) in [4.78, 5) is 3.77. The van der Waals surface area contributed by atoms with E-state index < -0.39 is 5.82 Å². The first-order chi connectivity index (χ1) is 7.65. The second-order valence-electron chi connectivity index (χ2n) is 3.00. The second-order valence-corrected chi connectivity index (χ2v) is 4.68. The van der Waals surface area contributed by atoms with Crippen LogP contribution < -0.4 is 4.74 Å². The molecule has 16 heavy (non-hydrogen) atoms. The van der Waals surface area contributed by atoms with Gasteiger partial charge in [0.25, 0.3) is 5.88 Å². The second kappa shape index (κ2) is 4.97. The number of benzene rings is 1. The van der Waals surface area contributed by atoms with Crippen molar-refractivity contribution in [3.05, 3.63) is 50.9 Å². The Morgan fingerprint density at radius 2 is 2.12 bits per heavy atom. The molecule has 0 aliphatic heterocycles. The van der Waals surface area contributed by atoms with Crippen molar-refractivity contribution in [2.45, 2.75) is 0 Å². The Labute approximate surface area is 111 Å². The number of halogens is 3. The third-order valence-corrected chi connectivity index (χ3v) is 2.66. The van der Waals surface area contributed by atoms with E-state index in [2.05, 4.69) is 27.6 Å². The molecule has 5 heteroatoms. The molecule has 0 aliphatic rings. The largest absolute Gasteiger partial charge is 0.436 e. The van der Waals surface area contributed by atoms with Crippen molar-refractivity contribution < 1.29 is 9.13 Å². The zero-order chi connectivity index (χ0) is 11.5. The van der Waals surface area contributed by atoms with E-state index in [1.807, 2.05) is 12.1 Å². The van der Waals surface area contributed by atoms with E-state index in [4.69, 9.17) is 16.3 Å². The molecule has 82 valence electrons. The van der Waals surface area contributed by atoms with Gasteiger partial charge in [-0.05, 0) is 46.9 Å². The number of ether oxygens (including phenoxy) is 1. The van der Waals surface area contributed by atoms with Gasteiger partial charge in [-0.3, -0.25) is 0 Å². The number of pyridine rings is 1. The van der Waals surface area contributed by atoms with Gasteiger partial charge in [0.15, 0.2) is 5.82 Å². The van der Waals surface area contributed by atoms with Crippen molar-refractivity contribution in [1.29, 1.82) is 0 Å². The molecular formula is C11H6ClFINO. The lowest BCUT2D eigenvalue weighted by atomic mass is 10.3. The molecule has 1 heterocycles. The molecule has 0 amide bonds. The molecule has 1 aromatic carbocycles. The molecule has 0 saturated heterocycles. The van der Waals surface area contributed by atoms with Crippen LogP contribution in [0.25, 0.3) is 0 Å². The molecule has 2 aromatic rings. The van der Waals surface area contributed by atoms with Crippen molar-refractivity contribution in [1.82, 2.24) is 4.98 Å². The molecule has 0 spiro atoms. The number of hydrogen-bond acceptors (Lipinski definition) is 2. The van der Waals surface area contributed by atoms with E-state index in [-0.39, 0.29) is 10.9 Å². The van der Waals surface area contributed by atoms with Crippen LogP contribution in [0.15, 0.2) is 36.5 Å². The van der Waals surface area contributed by atoms with Crippen LogP contribution in [0.1, 0.15) is 0 Å². The Bertz CT molecular complexity index is 521. The average molecular weight is 350 g/mol. The number of nitrogens with zero attached hydrogens (tertiary/aromatic N) is 1. The van der Waals surface area contributed by atoms with Crippen LogP contribution in [-0.2, 0) is 0 Å².